The summed E-state index contributed by atoms with van der Waals surface area (Å²) < 4.78 is 11.8. The molecule has 1 amide bonds. The second kappa shape index (κ2) is 7.42. The van der Waals surface area contributed by atoms with E-state index in [4.69, 9.17) is 9.47 Å². The molecule has 3 rings (SSSR count). The van der Waals surface area contributed by atoms with E-state index in [-0.39, 0.29) is 24.2 Å². The molecule has 1 heterocycles. The van der Waals surface area contributed by atoms with E-state index in [1.165, 1.54) is 18.4 Å². The van der Waals surface area contributed by atoms with Crippen LogP contribution in [0.15, 0.2) is 24.3 Å². The summed E-state index contributed by atoms with van der Waals surface area (Å²) in [6.07, 6.45) is 11.4. The van der Waals surface area contributed by atoms with Crippen LogP contribution in [0.4, 0.5) is 0 Å². The molecule has 2 bridgehead atoms. The highest BCUT2D eigenvalue weighted by molar-refractivity contribution is 5.79. The number of carbonyl (C=O) groups excluding carboxylic acids is 1. The lowest BCUT2D eigenvalue weighted by Crippen LogP contribution is -2.46. The molecule has 1 saturated carbocycles. The van der Waals surface area contributed by atoms with Gasteiger partial charge >= 0.3 is 0 Å². The molecule has 0 spiro atoms. The predicted molar refractivity (Wildman–Crippen MR) is 85.6 cm³/mol. The Kier molecular flexibility index (Phi) is 5.32. The van der Waals surface area contributed by atoms with Crippen LogP contribution in [0.2, 0.25) is 0 Å². The Morgan fingerprint density at radius 2 is 2.36 bits per heavy atom. The lowest BCUT2D eigenvalue weighted by molar-refractivity contribution is -0.135. The fourth-order valence-electron chi connectivity index (χ4n) is 3.96. The molecule has 22 heavy (non-hydrogen) atoms. The van der Waals surface area contributed by atoms with E-state index >= 15 is 0 Å². The minimum absolute atomic E-state index is 0.00443. The first kappa shape index (κ1) is 15.8. The third-order valence-electron chi connectivity index (χ3n) is 5.05. The van der Waals surface area contributed by atoms with Crippen molar-refractivity contribution in [3.05, 3.63) is 24.3 Å². The highest BCUT2D eigenvalue weighted by Gasteiger charge is 2.44. The van der Waals surface area contributed by atoms with Crippen molar-refractivity contribution < 1.29 is 14.3 Å². The first-order valence-corrected chi connectivity index (χ1v) is 8.61. The highest BCUT2D eigenvalue weighted by atomic mass is 16.5. The third-order valence-corrected chi connectivity index (χ3v) is 5.05. The molecule has 122 valence electrons. The Morgan fingerprint density at radius 3 is 3.14 bits per heavy atom. The molecule has 0 aromatic heterocycles. The van der Waals surface area contributed by atoms with Crippen LogP contribution >= 0.6 is 0 Å². The second-order valence-electron chi connectivity index (χ2n) is 6.51. The topological polar surface area (TPSA) is 38.8 Å². The lowest BCUT2D eigenvalue weighted by Gasteiger charge is -2.31. The summed E-state index contributed by atoms with van der Waals surface area (Å²) in [5, 5.41) is 0. The van der Waals surface area contributed by atoms with Crippen LogP contribution in [0.1, 0.15) is 44.9 Å². The molecule has 3 atom stereocenters. The van der Waals surface area contributed by atoms with Crippen molar-refractivity contribution in [2.75, 3.05) is 19.8 Å². The first-order chi connectivity index (χ1) is 10.8. The molecule has 0 N–H and O–H groups in total. The van der Waals surface area contributed by atoms with Crippen molar-refractivity contribution in [2.45, 2.75) is 63.2 Å². The smallest absolute Gasteiger partial charge is 0.227 e. The second-order valence-corrected chi connectivity index (χ2v) is 6.51. The van der Waals surface area contributed by atoms with Crippen LogP contribution in [-0.2, 0) is 14.3 Å². The number of ether oxygens (including phenoxy) is 2. The monoisotopic (exact) mass is 305 g/mol. The maximum absolute atomic E-state index is 12.8. The fraction of sp³-hybridized carbons (Fsp3) is 0.722. The van der Waals surface area contributed by atoms with E-state index < -0.39 is 0 Å². The SMILES string of the molecule is C=CCOC1C2CCC1N(C(=O)CC1=CCCCC1)CCO2. The molecular formula is C18H27NO3. The van der Waals surface area contributed by atoms with Gasteiger partial charge in [-0.15, -0.1) is 6.58 Å². The summed E-state index contributed by atoms with van der Waals surface area (Å²) >= 11 is 0. The fourth-order valence-corrected chi connectivity index (χ4v) is 3.96. The first-order valence-electron chi connectivity index (χ1n) is 8.61. The van der Waals surface area contributed by atoms with E-state index in [2.05, 4.69) is 12.7 Å². The molecule has 2 fully saturated rings. The zero-order chi connectivity index (χ0) is 15.4. The van der Waals surface area contributed by atoms with Crippen molar-refractivity contribution in [1.29, 1.82) is 0 Å². The summed E-state index contributed by atoms with van der Waals surface area (Å²) in [5.74, 6) is 0.247. The Hall–Kier alpha value is -1.13. The minimum atomic E-state index is 0.00443. The van der Waals surface area contributed by atoms with Crippen LogP contribution < -0.4 is 0 Å². The van der Waals surface area contributed by atoms with Gasteiger partial charge in [0.25, 0.3) is 0 Å². The maximum Gasteiger partial charge on any atom is 0.227 e. The average molecular weight is 305 g/mol. The Labute approximate surface area is 133 Å². The lowest BCUT2D eigenvalue weighted by atomic mass is 9.96. The maximum atomic E-state index is 12.8. The van der Waals surface area contributed by atoms with Crippen molar-refractivity contribution in [1.82, 2.24) is 4.90 Å². The quantitative estimate of drug-likeness (QED) is 0.733. The Morgan fingerprint density at radius 1 is 1.45 bits per heavy atom. The number of fused-ring (bicyclic) bond motifs is 2. The normalized spacial score (nSPS) is 31.5. The van der Waals surface area contributed by atoms with Gasteiger partial charge in [-0.25, -0.2) is 0 Å². The standard InChI is InChI=1S/C18H27NO3/c1-2-11-22-18-15-8-9-16(18)21-12-10-19(15)17(20)13-14-6-4-3-5-7-14/h2,6,15-16,18H,1,3-5,7-13H2. The highest BCUT2D eigenvalue weighted by Crippen LogP contribution is 2.33. The summed E-state index contributed by atoms with van der Waals surface area (Å²) in [7, 11) is 0. The van der Waals surface area contributed by atoms with Crippen molar-refractivity contribution in [3.63, 3.8) is 0 Å². The van der Waals surface area contributed by atoms with Gasteiger partial charge in [0.1, 0.15) is 6.10 Å². The van der Waals surface area contributed by atoms with Crippen molar-refractivity contribution in [3.8, 4) is 0 Å². The summed E-state index contributed by atoms with van der Waals surface area (Å²) in [6.45, 7) is 5.56. The molecule has 1 saturated heterocycles. The zero-order valence-electron chi connectivity index (χ0n) is 13.3. The van der Waals surface area contributed by atoms with Gasteiger partial charge in [0, 0.05) is 13.0 Å². The molecular weight excluding hydrogens is 278 g/mol. The number of nitrogens with zero attached hydrogens (tertiary/aromatic N) is 1. The zero-order valence-corrected chi connectivity index (χ0v) is 13.3. The van der Waals surface area contributed by atoms with Crippen molar-refractivity contribution >= 4 is 5.91 Å². The van der Waals surface area contributed by atoms with Gasteiger partial charge in [0.05, 0.1) is 25.4 Å². The molecule has 0 aromatic carbocycles. The molecule has 4 nitrogen and oxygen atoms in total. The molecule has 3 unspecified atom stereocenters. The van der Waals surface area contributed by atoms with Gasteiger partial charge in [0.15, 0.2) is 0 Å². The Bertz CT molecular complexity index is 446. The minimum Gasteiger partial charge on any atom is -0.374 e. The number of hydrogen-bond acceptors (Lipinski definition) is 3. The molecule has 4 heteroatoms. The van der Waals surface area contributed by atoms with Crippen molar-refractivity contribution in [2.24, 2.45) is 0 Å². The number of hydrogen-bond donors (Lipinski definition) is 0. The molecule has 1 aliphatic heterocycles. The number of allylic oxidation sites excluding steroid dienone is 1. The number of rotatable bonds is 5. The van der Waals surface area contributed by atoms with Crippen LogP contribution in [-0.4, -0.2) is 48.8 Å². The van der Waals surface area contributed by atoms with E-state index in [0.29, 0.717) is 26.2 Å². The van der Waals surface area contributed by atoms with E-state index in [9.17, 15) is 4.79 Å². The summed E-state index contributed by atoms with van der Waals surface area (Å²) in [6, 6.07) is 0.171. The number of carbonyl (C=O) groups is 1. The van der Waals surface area contributed by atoms with Gasteiger partial charge in [-0.05, 0) is 38.5 Å². The van der Waals surface area contributed by atoms with Crippen LogP contribution in [0.3, 0.4) is 0 Å². The molecule has 0 radical (unpaired) electrons. The van der Waals surface area contributed by atoms with Gasteiger partial charge < -0.3 is 14.4 Å². The van der Waals surface area contributed by atoms with E-state index in [0.717, 1.165) is 25.7 Å². The van der Waals surface area contributed by atoms with Crippen LogP contribution in [0.5, 0.6) is 0 Å². The number of amides is 1. The van der Waals surface area contributed by atoms with Crippen LogP contribution in [0, 0.1) is 0 Å². The summed E-state index contributed by atoms with van der Waals surface area (Å²) in [5.41, 5.74) is 1.32. The van der Waals surface area contributed by atoms with E-state index in [1.54, 1.807) is 6.08 Å². The predicted octanol–water partition coefficient (Wildman–Crippen LogP) is 2.84. The van der Waals surface area contributed by atoms with Gasteiger partial charge in [-0.3, -0.25) is 4.79 Å². The largest absolute Gasteiger partial charge is 0.374 e. The van der Waals surface area contributed by atoms with Gasteiger partial charge in [-0.2, -0.15) is 0 Å². The van der Waals surface area contributed by atoms with E-state index in [1.807, 2.05) is 4.90 Å². The Balaban J connectivity index is 1.67. The molecule has 0 aromatic rings. The average Bonchev–Trinajstić information content (AvgIpc) is 2.81. The summed E-state index contributed by atoms with van der Waals surface area (Å²) in [4.78, 5) is 14.8. The molecule has 3 aliphatic rings. The molecule has 2 aliphatic carbocycles. The van der Waals surface area contributed by atoms with Crippen LogP contribution in [0.25, 0.3) is 0 Å². The van der Waals surface area contributed by atoms with Gasteiger partial charge in [0.2, 0.25) is 5.91 Å². The third kappa shape index (κ3) is 3.44. The van der Waals surface area contributed by atoms with Gasteiger partial charge in [-0.1, -0.05) is 17.7 Å².